The van der Waals surface area contributed by atoms with Gasteiger partial charge in [-0.05, 0) is 5.92 Å². The fourth-order valence-corrected chi connectivity index (χ4v) is 4.05. The highest BCUT2D eigenvalue weighted by Gasteiger charge is 2.24. The van der Waals surface area contributed by atoms with Gasteiger partial charge in [0.25, 0.3) is 0 Å². The zero-order valence-corrected chi connectivity index (χ0v) is 14.5. The number of nitrogens with zero attached hydrogens (tertiary/aromatic N) is 3. The maximum Gasteiger partial charge on any atom is 0.193 e. The molecule has 0 aliphatic carbocycles. The summed E-state index contributed by atoms with van der Waals surface area (Å²) in [4.78, 5) is 9.34. The Bertz CT molecular complexity index is 332. The van der Waals surface area contributed by atoms with Gasteiger partial charge in [-0.25, -0.2) is 0 Å². The standard InChI is InChI=1S/C15H30N4OS/c1-13(2)14-12-19(8-11-21-14)15(16-3)17-4-5-18-6-9-20-10-7-18/h13-14H,4-12H2,1-3H3,(H,16,17). The molecule has 2 saturated heterocycles. The minimum atomic E-state index is 0.719. The Morgan fingerprint density at radius 3 is 2.76 bits per heavy atom. The highest BCUT2D eigenvalue weighted by Crippen LogP contribution is 2.24. The minimum absolute atomic E-state index is 0.719. The Kier molecular flexibility index (Phi) is 7.13. The quantitative estimate of drug-likeness (QED) is 0.618. The van der Waals surface area contributed by atoms with Gasteiger partial charge in [0.15, 0.2) is 5.96 Å². The molecule has 0 radical (unpaired) electrons. The minimum Gasteiger partial charge on any atom is -0.379 e. The third-order valence-corrected chi connectivity index (χ3v) is 5.70. The second-order valence-electron chi connectivity index (χ2n) is 6.03. The van der Waals surface area contributed by atoms with Crippen LogP contribution in [0, 0.1) is 5.92 Å². The van der Waals surface area contributed by atoms with Crippen molar-refractivity contribution in [2.45, 2.75) is 19.1 Å². The molecule has 0 aromatic carbocycles. The second-order valence-corrected chi connectivity index (χ2v) is 7.37. The first-order valence-corrected chi connectivity index (χ1v) is 9.13. The van der Waals surface area contributed by atoms with E-state index in [2.05, 4.69) is 45.7 Å². The lowest BCUT2D eigenvalue weighted by molar-refractivity contribution is 0.0388. The van der Waals surface area contributed by atoms with Crippen LogP contribution in [0.15, 0.2) is 4.99 Å². The fraction of sp³-hybridized carbons (Fsp3) is 0.933. The summed E-state index contributed by atoms with van der Waals surface area (Å²) in [5.74, 6) is 2.99. The van der Waals surface area contributed by atoms with Crippen LogP contribution in [-0.4, -0.2) is 86.3 Å². The summed E-state index contributed by atoms with van der Waals surface area (Å²) >= 11 is 2.10. The van der Waals surface area contributed by atoms with E-state index < -0.39 is 0 Å². The van der Waals surface area contributed by atoms with E-state index in [9.17, 15) is 0 Å². The van der Waals surface area contributed by atoms with Gasteiger partial charge in [0.1, 0.15) is 0 Å². The van der Waals surface area contributed by atoms with Crippen molar-refractivity contribution in [3.05, 3.63) is 0 Å². The van der Waals surface area contributed by atoms with Crippen molar-refractivity contribution in [3.8, 4) is 0 Å². The highest BCUT2D eigenvalue weighted by atomic mass is 32.2. The summed E-state index contributed by atoms with van der Waals surface area (Å²) in [6.45, 7) is 12.7. The van der Waals surface area contributed by atoms with Gasteiger partial charge in [-0.15, -0.1) is 0 Å². The van der Waals surface area contributed by atoms with Crippen molar-refractivity contribution in [3.63, 3.8) is 0 Å². The summed E-state index contributed by atoms with van der Waals surface area (Å²) < 4.78 is 5.38. The number of hydrogen-bond acceptors (Lipinski definition) is 4. The van der Waals surface area contributed by atoms with Crippen LogP contribution in [0.3, 0.4) is 0 Å². The molecule has 2 heterocycles. The van der Waals surface area contributed by atoms with Gasteiger partial charge in [0, 0.05) is 57.3 Å². The maximum atomic E-state index is 5.38. The van der Waals surface area contributed by atoms with Gasteiger partial charge in [-0.2, -0.15) is 11.8 Å². The number of rotatable bonds is 4. The molecular weight excluding hydrogens is 284 g/mol. The average Bonchev–Trinajstić information content (AvgIpc) is 2.52. The van der Waals surface area contributed by atoms with E-state index in [1.807, 2.05) is 7.05 Å². The van der Waals surface area contributed by atoms with Crippen LogP contribution in [0.1, 0.15) is 13.8 Å². The Morgan fingerprint density at radius 2 is 2.10 bits per heavy atom. The summed E-state index contributed by atoms with van der Waals surface area (Å²) in [5, 5.41) is 4.25. The van der Waals surface area contributed by atoms with Crippen LogP contribution in [-0.2, 0) is 4.74 Å². The zero-order valence-electron chi connectivity index (χ0n) is 13.7. The van der Waals surface area contributed by atoms with E-state index in [-0.39, 0.29) is 0 Å². The second kappa shape index (κ2) is 8.86. The van der Waals surface area contributed by atoms with E-state index in [4.69, 9.17) is 4.74 Å². The molecule has 21 heavy (non-hydrogen) atoms. The SMILES string of the molecule is CN=C(NCCN1CCOCC1)N1CCSC(C(C)C)C1. The molecule has 6 heteroatoms. The number of aliphatic imine (C=N–C) groups is 1. The first kappa shape index (κ1) is 16.9. The van der Waals surface area contributed by atoms with Crippen LogP contribution in [0.2, 0.25) is 0 Å². The van der Waals surface area contributed by atoms with Gasteiger partial charge >= 0.3 is 0 Å². The number of hydrogen-bond donors (Lipinski definition) is 1. The van der Waals surface area contributed by atoms with E-state index >= 15 is 0 Å². The van der Waals surface area contributed by atoms with Gasteiger partial charge in [-0.3, -0.25) is 9.89 Å². The average molecular weight is 314 g/mol. The Balaban J connectivity index is 1.74. The molecule has 0 spiro atoms. The number of nitrogens with one attached hydrogen (secondary N) is 1. The van der Waals surface area contributed by atoms with Crippen molar-refractivity contribution < 1.29 is 4.74 Å². The molecule has 0 amide bonds. The lowest BCUT2D eigenvalue weighted by atomic mass is 10.1. The molecule has 2 rings (SSSR count). The predicted molar refractivity (Wildman–Crippen MR) is 91.3 cm³/mol. The normalized spacial score (nSPS) is 25.4. The van der Waals surface area contributed by atoms with E-state index in [0.29, 0.717) is 0 Å². The number of morpholine rings is 1. The fourth-order valence-electron chi connectivity index (χ4n) is 2.75. The van der Waals surface area contributed by atoms with E-state index in [0.717, 1.165) is 69.6 Å². The summed E-state index contributed by atoms with van der Waals surface area (Å²) in [5.41, 5.74) is 0. The molecule has 2 aliphatic heterocycles. The first-order chi connectivity index (χ1) is 10.2. The third-order valence-electron chi connectivity index (χ3n) is 4.16. The van der Waals surface area contributed by atoms with Crippen molar-refractivity contribution in [2.24, 2.45) is 10.9 Å². The molecule has 1 unspecified atom stereocenters. The summed E-state index contributed by atoms with van der Waals surface area (Å²) in [6.07, 6.45) is 0. The monoisotopic (exact) mass is 314 g/mol. The zero-order chi connectivity index (χ0) is 15.1. The molecule has 5 nitrogen and oxygen atoms in total. The van der Waals surface area contributed by atoms with Gasteiger partial charge < -0.3 is 15.0 Å². The Labute approximate surface area is 133 Å². The maximum absolute atomic E-state index is 5.38. The molecule has 0 aromatic rings. The molecule has 0 bridgehead atoms. The van der Waals surface area contributed by atoms with Crippen molar-refractivity contribution in [2.75, 3.05) is 65.3 Å². The summed E-state index contributed by atoms with van der Waals surface area (Å²) in [6, 6.07) is 0. The van der Waals surface area contributed by atoms with Crippen molar-refractivity contribution in [1.29, 1.82) is 0 Å². The highest BCUT2D eigenvalue weighted by molar-refractivity contribution is 8.00. The molecule has 2 aliphatic rings. The molecule has 122 valence electrons. The smallest absolute Gasteiger partial charge is 0.193 e. The van der Waals surface area contributed by atoms with Crippen LogP contribution < -0.4 is 5.32 Å². The van der Waals surface area contributed by atoms with Crippen molar-refractivity contribution in [1.82, 2.24) is 15.1 Å². The molecule has 0 aromatic heterocycles. The van der Waals surface area contributed by atoms with Crippen LogP contribution in [0.4, 0.5) is 0 Å². The molecule has 0 saturated carbocycles. The Hall–Kier alpha value is -0.460. The molecule has 1 atom stereocenters. The van der Waals surface area contributed by atoms with Crippen LogP contribution in [0.25, 0.3) is 0 Å². The molecule has 1 N–H and O–H groups in total. The molecular formula is C15H30N4OS. The van der Waals surface area contributed by atoms with E-state index in [1.165, 1.54) is 5.75 Å². The summed E-state index contributed by atoms with van der Waals surface area (Å²) in [7, 11) is 1.89. The van der Waals surface area contributed by atoms with E-state index in [1.54, 1.807) is 0 Å². The van der Waals surface area contributed by atoms with Crippen LogP contribution >= 0.6 is 11.8 Å². The number of guanidine groups is 1. The lowest BCUT2D eigenvalue weighted by Crippen LogP contribution is -2.50. The largest absolute Gasteiger partial charge is 0.379 e. The molecule has 2 fully saturated rings. The topological polar surface area (TPSA) is 40.1 Å². The lowest BCUT2D eigenvalue weighted by Gasteiger charge is -2.36. The first-order valence-electron chi connectivity index (χ1n) is 8.08. The number of thioether (sulfide) groups is 1. The number of ether oxygens (including phenoxy) is 1. The third kappa shape index (κ3) is 5.34. The Morgan fingerprint density at radius 1 is 1.33 bits per heavy atom. The predicted octanol–water partition coefficient (Wildman–Crippen LogP) is 0.967. The van der Waals surface area contributed by atoms with Gasteiger partial charge in [0.2, 0.25) is 0 Å². The van der Waals surface area contributed by atoms with Gasteiger partial charge in [0.05, 0.1) is 13.2 Å². The van der Waals surface area contributed by atoms with Crippen LogP contribution in [0.5, 0.6) is 0 Å². The van der Waals surface area contributed by atoms with Gasteiger partial charge in [-0.1, -0.05) is 13.8 Å². The van der Waals surface area contributed by atoms with Crippen molar-refractivity contribution >= 4 is 17.7 Å².